The molecule has 0 unspecified atom stereocenters. The number of halogens is 2. The number of nitrogens with one attached hydrogen (secondary N) is 1. The van der Waals surface area contributed by atoms with E-state index in [2.05, 4.69) is 63.2 Å². The summed E-state index contributed by atoms with van der Waals surface area (Å²) < 4.78 is 7.96. The lowest BCUT2D eigenvalue weighted by atomic mass is 10.1. The van der Waals surface area contributed by atoms with Gasteiger partial charge in [-0.15, -0.1) is 0 Å². The van der Waals surface area contributed by atoms with Crippen LogP contribution in [0.15, 0.2) is 21.1 Å². The second kappa shape index (κ2) is 7.81. The Morgan fingerprint density at radius 1 is 1.25 bits per heavy atom. The zero-order valence-electron chi connectivity index (χ0n) is 12.2. The molecule has 0 aliphatic heterocycles. The molecule has 2 nitrogen and oxygen atoms in total. The fraction of sp³-hybridized carbons (Fsp3) is 0.625. The van der Waals surface area contributed by atoms with E-state index in [4.69, 9.17) is 4.74 Å². The molecule has 4 heteroatoms. The molecule has 1 aliphatic rings. The molecular formula is C16H23Br2NO. The summed E-state index contributed by atoms with van der Waals surface area (Å²) in [6, 6.07) is 5.04. The Labute approximate surface area is 138 Å². The van der Waals surface area contributed by atoms with Crippen molar-refractivity contribution < 1.29 is 4.74 Å². The molecule has 1 N–H and O–H groups in total. The summed E-state index contributed by atoms with van der Waals surface area (Å²) in [5.41, 5.74) is 1.28. The number of ether oxygens (including phenoxy) is 1. The number of rotatable bonds is 8. The Morgan fingerprint density at radius 2 is 1.90 bits per heavy atom. The highest BCUT2D eigenvalue weighted by atomic mass is 79.9. The van der Waals surface area contributed by atoms with Crippen molar-refractivity contribution in [2.75, 3.05) is 6.61 Å². The second-order valence-electron chi connectivity index (χ2n) is 5.93. The fourth-order valence-corrected chi connectivity index (χ4v) is 3.58. The molecule has 20 heavy (non-hydrogen) atoms. The molecule has 1 saturated carbocycles. The summed E-state index contributed by atoms with van der Waals surface area (Å²) in [6.45, 7) is 6.19. The predicted octanol–water partition coefficient (Wildman–Crippen LogP) is 5.28. The van der Waals surface area contributed by atoms with E-state index < -0.39 is 0 Å². The molecule has 1 aromatic rings. The Hall–Kier alpha value is -0.0600. The lowest BCUT2D eigenvalue weighted by molar-refractivity contribution is 0.294. The van der Waals surface area contributed by atoms with E-state index in [1.54, 1.807) is 0 Å². The third-order valence-corrected chi connectivity index (χ3v) is 4.58. The molecule has 1 aliphatic carbocycles. The van der Waals surface area contributed by atoms with Gasteiger partial charge < -0.3 is 10.1 Å². The highest BCUT2D eigenvalue weighted by Gasteiger charge is 2.20. The van der Waals surface area contributed by atoms with E-state index in [1.807, 2.05) is 0 Å². The van der Waals surface area contributed by atoms with Gasteiger partial charge in [0.2, 0.25) is 0 Å². The maximum absolute atomic E-state index is 5.90. The maximum atomic E-state index is 5.90. The van der Waals surface area contributed by atoms with Gasteiger partial charge in [0, 0.05) is 12.6 Å². The highest BCUT2D eigenvalue weighted by Crippen LogP contribution is 2.35. The quantitative estimate of drug-likeness (QED) is 0.595. The Bertz CT molecular complexity index is 421. The van der Waals surface area contributed by atoms with Crippen molar-refractivity contribution in [3.8, 4) is 5.75 Å². The van der Waals surface area contributed by atoms with Gasteiger partial charge in [0.15, 0.2) is 0 Å². The van der Waals surface area contributed by atoms with Crippen LogP contribution >= 0.6 is 31.9 Å². The summed E-state index contributed by atoms with van der Waals surface area (Å²) in [7, 11) is 0. The van der Waals surface area contributed by atoms with Crippen LogP contribution in [0.2, 0.25) is 0 Å². The molecule has 1 aromatic carbocycles. The first-order valence-corrected chi connectivity index (χ1v) is 8.99. The molecule has 1 fully saturated rings. The number of hydrogen-bond acceptors (Lipinski definition) is 2. The van der Waals surface area contributed by atoms with Crippen LogP contribution in [0, 0.1) is 5.92 Å². The third-order valence-electron chi connectivity index (χ3n) is 3.40. The highest BCUT2D eigenvalue weighted by molar-refractivity contribution is 9.11. The summed E-state index contributed by atoms with van der Waals surface area (Å²) in [5, 5.41) is 3.53. The van der Waals surface area contributed by atoms with Gasteiger partial charge in [-0.25, -0.2) is 0 Å². The maximum Gasteiger partial charge on any atom is 0.147 e. The van der Waals surface area contributed by atoms with Gasteiger partial charge in [0.25, 0.3) is 0 Å². The smallest absolute Gasteiger partial charge is 0.147 e. The summed E-state index contributed by atoms with van der Waals surface area (Å²) >= 11 is 7.24. The number of hydrogen-bond donors (Lipinski definition) is 1. The first-order valence-electron chi connectivity index (χ1n) is 7.40. The first-order chi connectivity index (χ1) is 9.56. The van der Waals surface area contributed by atoms with Gasteiger partial charge in [-0.1, -0.05) is 13.8 Å². The van der Waals surface area contributed by atoms with Crippen LogP contribution in [0.4, 0.5) is 0 Å². The molecular weight excluding hydrogens is 382 g/mol. The van der Waals surface area contributed by atoms with Gasteiger partial charge in [0.05, 0.1) is 15.6 Å². The van der Waals surface area contributed by atoms with Crippen LogP contribution in [0.25, 0.3) is 0 Å². The lowest BCUT2D eigenvalue weighted by Gasteiger charge is -2.13. The zero-order chi connectivity index (χ0) is 14.5. The van der Waals surface area contributed by atoms with Crippen molar-refractivity contribution in [3.05, 3.63) is 26.6 Å². The van der Waals surface area contributed by atoms with Crippen LogP contribution in [0.5, 0.6) is 5.75 Å². The summed E-state index contributed by atoms with van der Waals surface area (Å²) in [4.78, 5) is 0. The van der Waals surface area contributed by atoms with Gasteiger partial charge in [-0.05, 0) is 81.2 Å². The molecule has 0 heterocycles. The largest absolute Gasteiger partial charge is 0.491 e. The van der Waals surface area contributed by atoms with Crippen LogP contribution in [0.1, 0.15) is 45.1 Å². The van der Waals surface area contributed by atoms with E-state index in [0.29, 0.717) is 0 Å². The fourth-order valence-electron chi connectivity index (χ4n) is 2.07. The minimum Gasteiger partial charge on any atom is -0.491 e. The van der Waals surface area contributed by atoms with E-state index in [1.165, 1.54) is 24.8 Å². The van der Waals surface area contributed by atoms with E-state index in [-0.39, 0.29) is 0 Å². The Balaban J connectivity index is 1.87. The van der Waals surface area contributed by atoms with Gasteiger partial charge in [-0.3, -0.25) is 0 Å². The van der Waals surface area contributed by atoms with E-state index in [9.17, 15) is 0 Å². The minimum atomic E-state index is 0.736. The van der Waals surface area contributed by atoms with Crippen molar-refractivity contribution in [2.24, 2.45) is 5.92 Å². The molecule has 2 rings (SSSR count). The Kier molecular flexibility index (Phi) is 6.37. The molecule has 0 saturated heterocycles. The molecule has 0 spiro atoms. The molecule has 0 amide bonds. The topological polar surface area (TPSA) is 21.3 Å². The van der Waals surface area contributed by atoms with Crippen LogP contribution in [0.3, 0.4) is 0 Å². The van der Waals surface area contributed by atoms with E-state index in [0.717, 1.165) is 46.2 Å². The summed E-state index contributed by atoms with van der Waals surface area (Å²) in [6.07, 6.45) is 4.94. The van der Waals surface area contributed by atoms with Gasteiger partial charge >= 0.3 is 0 Å². The van der Waals surface area contributed by atoms with Crippen LogP contribution < -0.4 is 10.1 Å². The average Bonchev–Trinajstić information content (AvgIpc) is 3.18. The zero-order valence-corrected chi connectivity index (χ0v) is 15.4. The van der Waals surface area contributed by atoms with Crippen LogP contribution in [-0.2, 0) is 6.54 Å². The lowest BCUT2D eigenvalue weighted by Crippen LogP contribution is -2.15. The molecule has 112 valence electrons. The average molecular weight is 405 g/mol. The van der Waals surface area contributed by atoms with Crippen molar-refractivity contribution in [1.29, 1.82) is 0 Å². The third kappa shape index (κ3) is 5.38. The molecule has 0 radical (unpaired) electrons. The Morgan fingerprint density at radius 3 is 2.45 bits per heavy atom. The van der Waals surface area contributed by atoms with Crippen molar-refractivity contribution in [1.82, 2.24) is 5.32 Å². The van der Waals surface area contributed by atoms with Gasteiger partial charge in [0.1, 0.15) is 5.75 Å². The van der Waals surface area contributed by atoms with Crippen LogP contribution in [-0.4, -0.2) is 12.6 Å². The number of benzene rings is 1. The second-order valence-corrected chi connectivity index (χ2v) is 7.64. The van der Waals surface area contributed by atoms with Crippen molar-refractivity contribution in [2.45, 2.75) is 52.1 Å². The molecule has 0 aromatic heterocycles. The SMILES string of the molecule is CC(C)CCCOc1c(Br)cc(CNC2CC2)cc1Br. The van der Waals surface area contributed by atoms with Crippen molar-refractivity contribution in [3.63, 3.8) is 0 Å². The standard InChI is InChI=1S/C16H23Br2NO/c1-11(2)4-3-7-20-16-14(17)8-12(9-15(16)18)10-19-13-5-6-13/h8-9,11,13,19H,3-7,10H2,1-2H3. The van der Waals surface area contributed by atoms with Crippen molar-refractivity contribution >= 4 is 31.9 Å². The molecule has 0 atom stereocenters. The predicted molar refractivity (Wildman–Crippen MR) is 91.3 cm³/mol. The monoisotopic (exact) mass is 403 g/mol. The molecule has 0 bridgehead atoms. The van der Waals surface area contributed by atoms with E-state index >= 15 is 0 Å². The minimum absolute atomic E-state index is 0.736. The normalized spacial score (nSPS) is 14.8. The van der Waals surface area contributed by atoms with Gasteiger partial charge in [-0.2, -0.15) is 0 Å². The summed E-state index contributed by atoms with van der Waals surface area (Å²) in [5.74, 6) is 1.66. The first kappa shape index (κ1) is 16.3.